The van der Waals surface area contributed by atoms with Crippen molar-refractivity contribution in [3.8, 4) is 0 Å². The topological polar surface area (TPSA) is 79.0 Å². The van der Waals surface area contributed by atoms with Crippen LogP contribution < -0.4 is 10.2 Å². The first kappa shape index (κ1) is 11.8. The molecule has 0 atom stereocenters. The summed E-state index contributed by atoms with van der Waals surface area (Å²) in [6.45, 7) is 0.601. The van der Waals surface area contributed by atoms with E-state index < -0.39 is 9.84 Å². The van der Waals surface area contributed by atoms with Crippen LogP contribution in [0.3, 0.4) is 0 Å². The van der Waals surface area contributed by atoms with E-state index in [1.807, 2.05) is 0 Å². The summed E-state index contributed by atoms with van der Waals surface area (Å²) in [6, 6.07) is 0.243. The van der Waals surface area contributed by atoms with Gasteiger partial charge in [0, 0.05) is 23.7 Å². The molecule has 1 aliphatic heterocycles. The molecule has 1 fully saturated rings. The standard InChI is InChI=1S/C9H14N2O3S2/c12-9-11-8(6-15-9)5-10-7-1-3-16(13,14)4-2-7/h6-7,10H,1-5H2,(H,11,12). The molecule has 7 heteroatoms. The summed E-state index contributed by atoms with van der Waals surface area (Å²) in [5.74, 6) is 0.537. The maximum atomic E-state index is 11.2. The Balaban J connectivity index is 1.82. The minimum Gasteiger partial charge on any atom is -0.315 e. The Hall–Kier alpha value is -0.660. The van der Waals surface area contributed by atoms with Crippen LogP contribution in [-0.4, -0.2) is 30.9 Å². The number of sulfone groups is 1. The van der Waals surface area contributed by atoms with Gasteiger partial charge < -0.3 is 10.3 Å². The van der Waals surface area contributed by atoms with Crippen LogP contribution in [-0.2, 0) is 16.4 Å². The van der Waals surface area contributed by atoms with E-state index in [0.29, 0.717) is 19.4 Å². The molecule has 0 amide bonds. The average molecular weight is 262 g/mol. The lowest BCUT2D eigenvalue weighted by atomic mass is 10.1. The van der Waals surface area contributed by atoms with Gasteiger partial charge in [0.05, 0.1) is 11.5 Å². The molecule has 0 saturated carbocycles. The van der Waals surface area contributed by atoms with Crippen LogP contribution in [0.4, 0.5) is 0 Å². The van der Waals surface area contributed by atoms with Crippen LogP contribution in [0, 0.1) is 0 Å². The van der Waals surface area contributed by atoms with Gasteiger partial charge in [-0.1, -0.05) is 11.3 Å². The van der Waals surface area contributed by atoms with Crippen molar-refractivity contribution < 1.29 is 8.42 Å². The van der Waals surface area contributed by atoms with Crippen molar-refractivity contribution in [2.24, 2.45) is 0 Å². The summed E-state index contributed by atoms with van der Waals surface area (Å²) >= 11 is 1.14. The van der Waals surface area contributed by atoms with Crippen molar-refractivity contribution in [3.63, 3.8) is 0 Å². The highest BCUT2D eigenvalue weighted by molar-refractivity contribution is 7.91. The number of H-pyrrole nitrogens is 1. The number of aromatic amines is 1. The molecule has 0 aromatic carbocycles. The van der Waals surface area contributed by atoms with E-state index in [1.54, 1.807) is 5.38 Å². The quantitative estimate of drug-likeness (QED) is 0.810. The molecular weight excluding hydrogens is 248 g/mol. The third kappa shape index (κ3) is 3.16. The van der Waals surface area contributed by atoms with Gasteiger partial charge in [0.2, 0.25) is 0 Å². The monoisotopic (exact) mass is 262 g/mol. The molecule has 1 aromatic heterocycles. The molecule has 0 radical (unpaired) electrons. The Morgan fingerprint density at radius 1 is 1.44 bits per heavy atom. The second kappa shape index (κ2) is 4.68. The number of hydrogen-bond acceptors (Lipinski definition) is 5. The summed E-state index contributed by atoms with van der Waals surface area (Å²) in [4.78, 5) is 13.5. The highest BCUT2D eigenvalue weighted by atomic mass is 32.2. The van der Waals surface area contributed by atoms with E-state index in [1.165, 1.54) is 0 Å². The second-order valence-electron chi connectivity index (χ2n) is 3.98. The van der Waals surface area contributed by atoms with Crippen molar-refractivity contribution in [2.45, 2.75) is 25.4 Å². The Kier molecular flexibility index (Phi) is 3.46. The van der Waals surface area contributed by atoms with E-state index in [-0.39, 0.29) is 22.4 Å². The molecule has 0 spiro atoms. The van der Waals surface area contributed by atoms with E-state index >= 15 is 0 Å². The Morgan fingerprint density at radius 2 is 2.12 bits per heavy atom. The second-order valence-corrected chi connectivity index (χ2v) is 7.13. The summed E-state index contributed by atoms with van der Waals surface area (Å²) in [6.07, 6.45) is 1.33. The summed E-state index contributed by atoms with van der Waals surface area (Å²) in [5.41, 5.74) is 0.864. The molecule has 2 heterocycles. The third-order valence-corrected chi connectivity index (χ3v) is 5.14. The first-order valence-electron chi connectivity index (χ1n) is 5.16. The van der Waals surface area contributed by atoms with E-state index in [4.69, 9.17) is 0 Å². The molecule has 90 valence electrons. The lowest BCUT2D eigenvalue weighted by Gasteiger charge is -2.22. The van der Waals surface area contributed by atoms with E-state index in [0.717, 1.165) is 17.0 Å². The number of rotatable bonds is 3. The maximum Gasteiger partial charge on any atom is 0.304 e. The fraction of sp³-hybridized carbons (Fsp3) is 0.667. The van der Waals surface area contributed by atoms with Crippen molar-refractivity contribution in [3.05, 3.63) is 20.7 Å². The smallest absolute Gasteiger partial charge is 0.304 e. The zero-order valence-electron chi connectivity index (χ0n) is 8.73. The molecule has 1 saturated heterocycles. The van der Waals surface area contributed by atoms with Crippen LogP contribution in [0.25, 0.3) is 0 Å². The van der Waals surface area contributed by atoms with Gasteiger partial charge in [-0.3, -0.25) is 4.79 Å². The van der Waals surface area contributed by atoms with Crippen LogP contribution in [0.5, 0.6) is 0 Å². The van der Waals surface area contributed by atoms with Crippen LogP contribution in [0.2, 0.25) is 0 Å². The lowest BCUT2D eigenvalue weighted by molar-refractivity contribution is 0.460. The van der Waals surface area contributed by atoms with Crippen molar-refractivity contribution in [1.29, 1.82) is 0 Å². The fourth-order valence-electron chi connectivity index (χ4n) is 1.75. The summed E-state index contributed by atoms with van der Waals surface area (Å²) < 4.78 is 22.4. The maximum absolute atomic E-state index is 11.2. The molecule has 5 nitrogen and oxygen atoms in total. The van der Waals surface area contributed by atoms with Gasteiger partial charge in [0.25, 0.3) is 0 Å². The molecule has 1 aliphatic rings. The average Bonchev–Trinajstić information content (AvgIpc) is 2.63. The zero-order valence-corrected chi connectivity index (χ0v) is 10.4. The van der Waals surface area contributed by atoms with E-state index in [9.17, 15) is 13.2 Å². The zero-order chi connectivity index (χ0) is 11.6. The lowest BCUT2D eigenvalue weighted by Crippen LogP contribution is -2.37. The normalized spacial score (nSPS) is 21.0. The predicted molar refractivity (Wildman–Crippen MR) is 63.5 cm³/mol. The van der Waals surface area contributed by atoms with Crippen LogP contribution in [0.1, 0.15) is 18.5 Å². The molecule has 2 rings (SSSR count). The number of hydrogen-bond donors (Lipinski definition) is 2. The van der Waals surface area contributed by atoms with Crippen LogP contribution in [0.15, 0.2) is 10.2 Å². The minimum absolute atomic E-state index is 0.0528. The highest BCUT2D eigenvalue weighted by Crippen LogP contribution is 2.12. The molecule has 0 unspecified atom stereocenters. The Bertz CT molecular complexity index is 489. The largest absolute Gasteiger partial charge is 0.315 e. The third-order valence-electron chi connectivity index (χ3n) is 2.71. The van der Waals surface area contributed by atoms with Crippen molar-refractivity contribution in [2.75, 3.05) is 11.5 Å². The van der Waals surface area contributed by atoms with Crippen molar-refractivity contribution in [1.82, 2.24) is 10.3 Å². The first-order chi connectivity index (χ1) is 7.55. The van der Waals surface area contributed by atoms with Gasteiger partial charge in [-0.25, -0.2) is 8.42 Å². The minimum atomic E-state index is -2.79. The van der Waals surface area contributed by atoms with Crippen LogP contribution >= 0.6 is 11.3 Å². The Labute approximate surface area is 97.8 Å². The SMILES string of the molecule is O=c1[nH]c(CNC2CCS(=O)(=O)CC2)cs1. The number of aromatic nitrogens is 1. The molecule has 2 N–H and O–H groups in total. The number of thiazole rings is 1. The molecule has 0 aliphatic carbocycles. The molecular formula is C9H14N2O3S2. The predicted octanol–water partition coefficient (Wildman–Crippen LogP) is 0.103. The molecule has 1 aromatic rings. The van der Waals surface area contributed by atoms with Gasteiger partial charge in [-0.2, -0.15) is 0 Å². The molecule has 16 heavy (non-hydrogen) atoms. The van der Waals surface area contributed by atoms with Gasteiger partial charge in [0.15, 0.2) is 0 Å². The highest BCUT2D eigenvalue weighted by Gasteiger charge is 2.22. The molecule has 0 bridgehead atoms. The summed E-state index contributed by atoms with van der Waals surface area (Å²) in [5, 5.41) is 5.05. The van der Waals surface area contributed by atoms with Gasteiger partial charge in [0.1, 0.15) is 9.84 Å². The number of nitrogens with one attached hydrogen (secondary N) is 2. The van der Waals surface area contributed by atoms with Gasteiger partial charge in [-0.15, -0.1) is 0 Å². The Morgan fingerprint density at radius 3 is 2.69 bits per heavy atom. The van der Waals surface area contributed by atoms with Crippen molar-refractivity contribution >= 4 is 21.2 Å². The summed E-state index contributed by atoms with van der Waals surface area (Å²) in [7, 11) is -2.79. The van der Waals surface area contributed by atoms with Gasteiger partial charge in [-0.05, 0) is 12.8 Å². The fourth-order valence-corrected chi connectivity index (χ4v) is 3.82. The first-order valence-corrected chi connectivity index (χ1v) is 7.86. The van der Waals surface area contributed by atoms with Gasteiger partial charge >= 0.3 is 4.87 Å². The van der Waals surface area contributed by atoms with E-state index in [2.05, 4.69) is 10.3 Å².